The maximum atomic E-state index is 11.4. The Morgan fingerprint density at radius 2 is 1.83 bits per heavy atom. The van der Waals surface area contributed by atoms with Gasteiger partial charge in [0.2, 0.25) is 5.91 Å². The van der Waals surface area contributed by atoms with Gasteiger partial charge >= 0.3 is 0 Å². The standard InChI is InChI=1S/C14H31N3O/c1-12(2)13(16)8-5-7-11-17-14(18)9-4-3-6-10-15/h12-13H,3-11,15-16H2,1-2H3,(H,17,18). The summed E-state index contributed by atoms with van der Waals surface area (Å²) in [6.45, 7) is 5.79. The number of rotatable bonds is 11. The zero-order valence-electron chi connectivity index (χ0n) is 12.1. The molecular formula is C14H31N3O. The molecule has 0 rings (SSSR count). The molecule has 18 heavy (non-hydrogen) atoms. The quantitative estimate of drug-likeness (QED) is 0.493. The first kappa shape index (κ1) is 17.4. The molecule has 5 N–H and O–H groups in total. The molecule has 1 atom stereocenters. The molecule has 0 aliphatic carbocycles. The lowest BCUT2D eigenvalue weighted by Crippen LogP contribution is -2.27. The third-order valence-corrected chi connectivity index (χ3v) is 3.25. The van der Waals surface area contributed by atoms with Crippen LogP contribution < -0.4 is 16.8 Å². The maximum absolute atomic E-state index is 11.4. The van der Waals surface area contributed by atoms with E-state index in [0.29, 0.717) is 12.3 Å². The van der Waals surface area contributed by atoms with E-state index in [1.165, 1.54) is 0 Å². The van der Waals surface area contributed by atoms with Crippen molar-refractivity contribution in [1.29, 1.82) is 0 Å². The third kappa shape index (κ3) is 10.5. The van der Waals surface area contributed by atoms with Crippen LogP contribution in [0.25, 0.3) is 0 Å². The largest absolute Gasteiger partial charge is 0.356 e. The Balaban J connectivity index is 3.30. The van der Waals surface area contributed by atoms with Crippen molar-refractivity contribution in [2.75, 3.05) is 13.1 Å². The molecule has 0 saturated carbocycles. The van der Waals surface area contributed by atoms with Crippen molar-refractivity contribution in [1.82, 2.24) is 5.32 Å². The molecule has 0 aromatic heterocycles. The summed E-state index contributed by atoms with van der Waals surface area (Å²) in [4.78, 5) is 11.4. The number of nitrogens with one attached hydrogen (secondary N) is 1. The normalized spacial score (nSPS) is 12.7. The number of carbonyl (C=O) groups is 1. The summed E-state index contributed by atoms with van der Waals surface area (Å²) in [6, 6.07) is 0.289. The van der Waals surface area contributed by atoms with Gasteiger partial charge in [0.15, 0.2) is 0 Å². The minimum atomic E-state index is 0.167. The lowest BCUT2D eigenvalue weighted by Gasteiger charge is -2.15. The molecule has 0 spiro atoms. The molecule has 0 heterocycles. The molecule has 0 bridgehead atoms. The summed E-state index contributed by atoms with van der Waals surface area (Å²) >= 11 is 0. The number of hydrogen-bond acceptors (Lipinski definition) is 3. The molecule has 4 nitrogen and oxygen atoms in total. The fourth-order valence-corrected chi connectivity index (χ4v) is 1.76. The topological polar surface area (TPSA) is 81.1 Å². The van der Waals surface area contributed by atoms with Gasteiger partial charge in [-0.1, -0.05) is 26.7 Å². The molecule has 1 amide bonds. The van der Waals surface area contributed by atoms with E-state index in [-0.39, 0.29) is 11.9 Å². The Labute approximate surface area is 112 Å². The summed E-state index contributed by atoms with van der Waals surface area (Å²) in [5.41, 5.74) is 11.3. The highest BCUT2D eigenvalue weighted by Gasteiger charge is 2.06. The monoisotopic (exact) mass is 257 g/mol. The van der Waals surface area contributed by atoms with Gasteiger partial charge in [-0.25, -0.2) is 0 Å². The zero-order valence-corrected chi connectivity index (χ0v) is 12.1. The van der Waals surface area contributed by atoms with Crippen LogP contribution in [0.4, 0.5) is 0 Å². The van der Waals surface area contributed by atoms with E-state index in [0.717, 1.165) is 51.6 Å². The second-order valence-corrected chi connectivity index (χ2v) is 5.35. The molecule has 0 aromatic rings. The average Bonchev–Trinajstić information content (AvgIpc) is 2.33. The predicted octanol–water partition coefficient (Wildman–Crippen LogP) is 1.78. The Bertz CT molecular complexity index is 207. The molecule has 108 valence electrons. The van der Waals surface area contributed by atoms with Crippen LogP contribution in [0.15, 0.2) is 0 Å². The number of unbranched alkanes of at least 4 members (excludes halogenated alkanes) is 3. The summed E-state index contributed by atoms with van der Waals surface area (Å²) in [6.07, 6.45) is 6.80. The van der Waals surface area contributed by atoms with Crippen molar-refractivity contribution in [2.24, 2.45) is 17.4 Å². The van der Waals surface area contributed by atoms with Crippen LogP contribution >= 0.6 is 0 Å². The van der Waals surface area contributed by atoms with E-state index >= 15 is 0 Å². The molecule has 0 fully saturated rings. The Morgan fingerprint density at radius 1 is 1.11 bits per heavy atom. The lowest BCUT2D eigenvalue weighted by molar-refractivity contribution is -0.121. The smallest absolute Gasteiger partial charge is 0.219 e. The summed E-state index contributed by atoms with van der Waals surface area (Å²) in [7, 11) is 0. The molecule has 0 aliphatic heterocycles. The Hall–Kier alpha value is -0.610. The zero-order chi connectivity index (χ0) is 13.8. The second-order valence-electron chi connectivity index (χ2n) is 5.35. The minimum absolute atomic E-state index is 0.167. The fraction of sp³-hybridized carbons (Fsp3) is 0.929. The summed E-state index contributed by atoms with van der Waals surface area (Å²) < 4.78 is 0. The van der Waals surface area contributed by atoms with E-state index in [4.69, 9.17) is 11.5 Å². The van der Waals surface area contributed by atoms with Gasteiger partial charge in [-0.2, -0.15) is 0 Å². The molecular weight excluding hydrogens is 226 g/mol. The van der Waals surface area contributed by atoms with Gasteiger partial charge < -0.3 is 16.8 Å². The molecule has 1 unspecified atom stereocenters. The Kier molecular flexibility index (Phi) is 11.1. The van der Waals surface area contributed by atoms with Gasteiger partial charge in [0.1, 0.15) is 0 Å². The molecule has 0 aromatic carbocycles. The SMILES string of the molecule is CC(C)C(N)CCCCNC(=O)CCCCCN. The fourth-order valence-electron chi connectivity index (χ4n) is 1.76. The number of hydrogen-bond donors (Lipinski definition) is 3. The molecule has 0 saturated heterocycles. The van der Waals surface area contributed by atoms with Crippen molar-refractivity contribution < 1.29 is 4.79 Å². The lowest BCUT2D eigenvalue weighted by atomic mass is 9.99. The highest BCUT2D eigenvalue weighted by atomic mass is 16.1. The molecule has 0 aliphatic rings. The van der Waals surface area contributed by atoms with E-state index in [2.05, 4.69) is 19.2 Å². The van der Waals surface area contributed by atoms with Crippen LogP contribution in [0, 0.1) is 5.92 Å². The van der Waals surface area contributed by atoms with Crippen LogP contribution in [-0.2, 0) is 4.79 Å². The van der Waals surface area contributed by atoms with Gasteiger partial charge in [0.05, 0.1) is 0 Å². The van der Waals surface area contributed by atoms with Crippen molar-refractivity contribution >= 4 is 5.91 Å². The van der Waals surface area contributed by atoms with E-state index in [9.17, 15) is 4.79 Å². The first-order valence-electron chi connectivity index (χ1n) is 7.30. The second kappa shape index (κ2) is 11.5. The van der Waals surface area contributed by atoms with Crippen LogP contribution in [0.5, 0.6) is 0 Å². The minimum Gasteiger partial charge on any atom is -0.356 e. The van der Waals surface area contributed by atoms with Crippen LogP contribution in [0.3, 0.4) is 0 Å². The maximum Gasteiger partial charge on any atom is 0.219 e. The Morgan fingerprint density at radius 3 is 2.44 bits per heavy atom. The van der Waals surface area contributed by atoms with Gasteiger partial charge in [0.25, 0.3) is 0 Å². The highest BCUT2D eigenvalue weighted by Crippen LogP contribution is 2.07. The predicted molar refractivity (Wildman–Crippen MR) is 77.2 cm³/mol. The van der Waals surface area contributed by atoms with Crippen molar-refractivity contribution in [3.63, 3.8) is 0 Å². The van der Waals surface area contributed by atoms with Crippen LogP contribution in [0.1, 0.15) is 58.8 Å². The number of carbonyl (C=O) groups excluding carboxylic acids is 1. The summed E-state index contributed by atoms with van der Waals surface area (Å²) in [5.74, 6) is 0.710. The van der Waals surface area contributed by atoms with Crippen molar-refractivity contribution in [3.8, 4) is 0 Å². The number of amides is 1. The van der Waals surface area contributed by atoms with E-state index in [1.54, 1.807) is 0 Å². The van der Waals surface area contributed by atoms with E-state index in [1.807, 2.05) is 0 Å². The van der Waals surface area contributed by atoms with Gasteiger partial charge in [0, 0.05) is 19.0 Å². The van der Waals surface area contributed by atoms with Crippen LogP contribution in [-0.4, -0.2) is 25.0 Å². The molecule has 4 heteroatoms. The first-order valence-corrected chi connectivity index (χ1v) is 7.30. The highest BCUT2D eigenvalue weighted by molar-refractivity contribution is 5.75. The van der Waals surface area contributed by atoms with E-state index < -0.39 is 0 Å². The average molecular weight is 257 g/mol. The number of nitrogens with two attached hydrogens (primary N) is 2. The first-order chi connectivity index (χ1) is 8.57. The van der Waals surface area contributed by atoms with Crippen LogP contribution in [0.2, 0.25) is 0 Å². The van der Waals surface area contributed by atoms with Gasteiger partial charge in [-0.05, 0) is 38.1 Å². The van der Waals surface area contributed by atoms with Crippen molar-refractivity contribution in [2.45, 2.75) is 64.8 Å². The van der Waals surface area contributed by atoms with Crippen molar-refractivity contribution in [3.05, 3.63) is 0 Å². The third-order valence-electron chi connectivity index (χ3n) is 3.25. The van der Waals surface area contributed by atoms with Gasteiger partial charge in [-0.15, -0.1) is 0 Å². The van der Waals surface area contributed by atoms with Gasteiger partial charge in [-0.3, -0.25) is 4.79 Å². The molecule has 0 radical (unpaired) electrons. The summed E-state index contributed by atoms with van der Waals surface area (Å²) in [5, 5.41) is 2.95.